The van der Waals surface area contributed by atoms with E-state index in [1.54, 1.807) is 6.07 Å². The Hall–Kier alpha value is -3.20. The van der Waals surface area contributed by atoms with E-state index in [1.807, 2.05) is 0 Å². The molecule has 2 aromatic heterocycles. The van der Waals surface area contributed by atoms with E-state index in [4.69, 9.17) is 9.47 Å². The summed E-state index contributed by atoms with van der Waals surface area (Å²) in [5.74, 6) is -0.626. The fraction of sp³-hybridized carbons (Fsp3) is 0.211. The minimum absolute atomic E-state index is 0.136. The van der Waals surface area contributed by atoms with Crippen LogP contribution in [0.15, 0.2) is 48.8 Å². The Morgan fingerprint density at radius 2 is 1.86 bits per heavy atom. The monoisotopic (exact) mass is 391 g/mol. The van der Waals surface area contributed by atoms with Crippen molar-refractivity contribution in [1.29, 1.82) is 0 Å². The average Bonchev–Trinajstić information content (AvgIpc) is 2.67. The van der Waals surface area contributed by atoms with Crippen LogP contribution >= 0.6 is 0 Å². The number of fused-ring (bicyclic) bond motifs is 1. The highest BCUT2D eigenvalue weighted by molar-refractivity contribution is 6.07. The molecule has 0 aliphatic carbocycles. The summed E-state index contributed by atoms with van der Waals surface area (Å²) in [6.07, 6.45) is -2.50. The largest absolute Gasteiger partial charge is 0.475 e. The molecule has 0 radical (unpaired) electrons. The molecule has 1 amide bonds. The van der Waals surface area contributed by atoms with Crippen molar-refractivity contribution in [3.63, 3.8) is 0 Å². The lowest BCUT2D eigenvalue weighted by Gasteiger charge is -2.15. The summed E-state index contributed by atoms with van der Waals surface area (Å²) in [6.45, 7) is 0.683. The number of aromatic nitrogens is 2. The molecule has 0 saturated heterocycles. The molecule has 9 heteroatoms. The summed E-state index contributed by atoms with van der Waals surface area (Å²) in [4.78, 5) is 20.4. The van der Waals surface area contributed by atoms with Crippen LogP contribution in [0.1, 0.15) is 15.9 Å². The number of hydrogen-bond acceptors (Lipinski definition) is 5. The molecule has 146 valence electrons. The number of ether oxygens (including phenoxy) is 2. The van der Waals surface area contributed by atoms with Crippen molar-refractivity contribution in [3.8, 4) is 5.88 Å². The number of methoxy groups -OCH3 is 1. The van der Waals surface area contributed by atoms with Gasteiger partial charge in [0.1, 0.15) is 6.61 Å². The van der Waals surface area contributed by atoms with Gasteiger partial charge in [-0.2, -0.15) is 13.2 Å². The van der Waals surface area contributed by atoms with E-state index in [2.05, 4.69) is 15.3 Å². The van der Waals surface area contributed by atoms with Crippen molar-refractivity contribution in [3.05, 3.63) is 59.9 Å². The first-order valence-corrected chi connectivity index (χ1v) is 8.24. The topological polar surface area (TPSA) is 73.3 Å². The number of amides is 1. The molecule has 0 saturated carbocycles. The number of para-hydroxylation sites is 1. The number of rotatable bonds is 6. The van der Waals surface area contributed by atoms with Crippen molar-refractivity contribution in [2.45, 2.75) is 6.18 Å². The third-order valence-electron chi connectivity index (χ3n) is 3.84. The van der Waals surface area contributed by atoms with E-state index in [9.17, 15) is 18.0 Å². The molecule has 0 unspecified atom stereocenters. The molecule has 0 aliphatic heterocycles. The second-order valence-corrected chi connectivity index (χ2v) is 5.74. The number of carbonyl (C=O) groups is 1. The highest BCUT2D eigenvalue weighted by Gasteiger charge is 2.37. The van der Waals surface area contributed by atoms with Crippen LogP contribution < -0.4 is 10.1 Å². The van der Waals surface area contributed by atoms with E-state index in [0.29, 0.717) is 19.1 Å². The van der Waals surface area contributed by atoms with Gasteiger partial charge in [-0.05, 0) is 12.1 Å². The van der Waals surface area contributed by atoms with Crippen molar-refractivity contribution in [2.75, 3.05) is 25.6 Å². The molecule has 1 aromatic carbocycles. The second-order valence-electron chi connectivity index (χ2n) is 5.74. The Morgan fingerprint density at radius 3 is 2.54 bits per heavy atom. The van der Waals surface area contributed by atoms with E-state index in [0.717, 1.165) is 6.20 Å². The Labute approximate surface area is 158 Å². The Kier molecular flexibility index (Phi) is 5.74. The van der Waals surface area contributed by atoms with Gasteiger partial charge in [0.05, 0.1) is 35.1 Å². The quantitative estimate of drug-likeness (QED) is 0.645. The van der Waals surface area contributed by atoms with Gasteiger partial charge in [0.25, 0.3) is 5.91 Å². The van der Waals surface area contributed by atoms with Crippen LogP contribution in [0.25, 0.3) is 10.9 Å². The first-order valence-electron chi connectivity index (χ1n) is 8.24. The van der Waals surface area contributed by atoms with Crippen LogP contribution in [-0.4, -0.2) is 36.2 Å². The lowest BCUT2D eigenvalue weighted by Crippen LogP contribution is -2.20. The molecule has 2 heterocycles. The highest BCUT2D eigenvalue weighted by atomic mass is 19.4. The van der Waals surface area contributed by atoms with Gasteiger partial charge in [-0.25, -0.2) is 4.98 Å². The first-order chi connectivity index (χ1) is 13.4. The summed E-state index contributed by atoms with van der Waals surface area (Å²) in [5.41, 5.74) is -1.20. The van der Waals surface area contributed by atoms with Crippen molar-refractivity contribution in [1.82, 2.24) is 9.97 Å². The maximum atomic E-state index is 13.6. The van der Waals surface area contributed by atoms with Crippen LogP contribution in [0.5, 0.6) is 5.88 Å². The summed E-state index contributed by atoms with van der Waals surface area (Å²) in [7, 11) is 1.53. The van der Waals surface area contributed by atoms with Gasteiger partial charge in [0.15, 0.2) is 0 Å². The van der Waals surface area contributed by atoms with E-state index in [1.165, 1.54) is 43.6 Å². The summed E-state index contributed by atoms with van der Waals surface area (Å²) >= 11 is 0. The van der Waals surface area contributed by atoms with Gasteiger partial charge in [-0.15, -0.1) is 0 Å². The number of halogens is 3. The number of carbonyl (C=O) groups excluding carboxylic acids is 1. The molecule has 3 aromatic rings. The molecule has 0 fully saturated rings. The predicted octanol–water partition coefficient (Wildman–Crippen LogP) is 3.93. The fourth-order valence-corrected chi connectivity index (χ4v) is 2.59. The van der Waals surface area contributed by atoms with E-state index in [-0.39, 0.29) is 16.6 Å². The number of nitrogens with zero attached hydrogens (tertiary/aromatic N) is 2. The van der Waals surface area contributed by atoms with Gasteiger partial charge in [0.2, 0.25) is 5.88 Å². The van der Waals surface area contributed by atoms with Crippen molar-refractivity contribution < 1.29 is 27.4 Å². The number of benzene rings is 1. The zero-order chi connectivity index (χ0) is 20.1. The minimum atomic E-state index is -4.72. The molecule has 0 bridgehead atoms. The number of anilines is 1. The van der Waals surface area contributed by atoms with Gasteiger partial charge < -0.3 is 14.8 Å². The van der Waals surface area contributed by atoms with Gasteiger partial charge in [-0.3, -0.25) is 9.78 Å². The van der Waals surface area contributed by atoms with Crippen LogP contribution in [0.4, 0.5) is 18.9 Å². The van der Waals surface area contributed by atoms with Gasteiger partial charge in [-0.1, -0.05) is 18.2 Å². The van der Waals surface area contributed by atoms with Gasteiger partial charge in [0, 0.05) is 24.8 Å². The normalized spacial score (nSPS) is 11.4. The van der Waals surface area contributed by atoms with Crippen LogP contribution in [0, 0.1) is 0 Å². The standard InChI is InChI=1S/C19H16F3N3O3/c1-27-8-9-28-16-7-6-12(10-24-16)25-18(26)14-11-23-15-5-3-2-4-13(15)17(14)19(20,21)22/h2-7,10-11H,8-9H2,1H3,(H,25,26). The number of hydrogen-bond donors (Lipinski definition) is 1. The summed E-state index contributed by atoms with van der Waals surface area (Å²) < 4.78 is 51.0. The van der Waals surface area contributed by atoms with Crippen LogP contribution in [0.2, 0.25) is 0 Å². The third kappa shape index (κ3) is 4.37. The third-order valence-corrected chi connectivity index (χ3v) is 3.84. The molecule has 3 rings (SSSR count). The average molecular weight is 391 g/mol. The number of alkyl halides is 3. The van der Waals surface area contributed by atoms with Crippen LogP contribution in [0.3, 0.4) is 0 Å². The number of pyridine rings is 2. The maximum absolute atomic E-state index is 13.6. The Bertz CT molecular complexity index is 976. The van der Waals surface area contributed by atoms with Crippen LogP contribution in [-0.2, 0) is 10.9 Å². The summed E-state index contributed by atoms with van der Waals surface area (Å²) in [5, 5.41) is 2.27. The molecule has 1 N–H and O–H groups in total. The van der Waals surface area contributed by atoms with E-state index >= 15 is 0 Å². The SMILES string of the molecule is COCCOc1ccc(NC(=O)c2cnc3ccccc3c2C(F)(F)F)cn1. The summed E-state index contributed by atoms with van der Waals surface area (Å²) in [6, 6.07) is 8.77. The highest BCUT2D eigenvalue weighted by Crippen LogP contribution is 2.37. The second kappa shape index (κ2) is 8.22. The number of nitrogens with one attached hydrogen (secondary N) is 1. The zero-order valence-electron chi connectivity index (χ0n) is 14.8. The minimum Gasteiger partial charge on any atom is -0.475 e. The molecule has 0 aliphatic rings. The first kappa shape index (κ1) is 19.6. The maximum Gasteiger partial charge on any atom is 0.417 e. The van der Waals surface area contributed by atoms with Crippen molar-refractivity contribution >= 4 is 22.5 Å². The lowest BCUT2D eigenvalue weighted by molar-refractivity contribution is -0.136. The Balaban J connectivity index is 1.86. The molecule has 0 spiro atoms. The molecule has 6 nitrogen and oxygen atoms in total. The Morgan fingerprint density at radius 1 is 1.07 bits per heavy atom. The van der Waals surface area contributed by atoms with Gasteiger partial charge >= 0.3 is 6.18 Å². The smallest absolute Gasteiger partial charge is 0.417 e. The molecule has 0 atom stereocenters. The lowest BCUT2D eigenvalue weighted by atomic mass is 10.0. The van der Waals surface area contributed by atoms with Crippen molar-refractivity contribution in [2.24, 2.45) is 0 Å². The molecule has 28 heavy (non-hydrogen) atoms. The molecular weight excluding hydrogens is 375 g/mol. The molecular formula is C19H16F3N3O3. The zero-order valence-corrected chi connectivity index (χ0v) is 14.8. The fourth-order valence-electron chi connectivity index (χ4n) is 2.59. The van der Waals surface area contributed by atoms with E-state index < -0.39 is 23.2 Å². The predicted molar refractivity (Wildman–Crippen MR) is 96.3 cm³/mol.